The molecule has 1 heterocycles. The number of nitrogens with one attached hydrogen (secondary N) is 1. The Morgan fingerprint density at radius 3 is 2.34 bits per heavy atom. The molecule has 4 rings (SSSR count). The summed E-state index contributed by atoms with van der Waals surface area (Å²) >= 11 is 3.61. The third kappa shape index (κ3) is 6.24. The highest BCUT2D eigenvalue weighted by molar-refractivity contribution is 9.10. The van der Waals surface area contributed by atoms with Gasteiger partial charge in [0.05, 0.1) is 25.9 Å². The number of nitrogens with zero attached hydrogens (tertiary/aromatic N) is 1. The zero-order chi connectivity index (χ0) is 27.0. The molecule has 8 nitrogen and oxygen atoms in total. The van der Waals surface area contributed by atoms with Gasteiger partial charge < -0.3 is 30.1 Å². The van der Waals surface area contributed by atoms with Crippen molar-refractivity contribution in [2.75, 3.05) is 26.4 Å². The number of ether oxygens (including phenoxy) is 2. The lowest BCUT2D eigenvalue weighted by atomic mass is 9.81. The first-order valence-electron chi connectivity index (χ1n) is 12.4. The predicted molar refractivity (Wildman–Crippen MR) is 147 cm³/mol. The molecular weight excluding hydrogens is 552 g/mol. The van der Waals surface area contributed by atoms with Gasteiger partial charge in [0, 0.05) is 35.0 Å². The molecule has 38 heavy (non-hydrogen) atoms. The van der Waals surface area contributed by atoms with Gasteiger partial charge in [-0.3, -0.25) is 4.79 Å². The summed E-state index contributed by atoms with van der Waals surface area (Å²) in [4.78, 5) is 18.9. The van der Waals surface area contributed by atoms with Gasteiger partial charge in [0.2, 0.25) is 5.90 Å². The molecule has 0 bridgehead atoms. The third-order valence-electron chi connectivity index (χ3n) is 6.31. The zero-order valence-corrected chi connectivity index (χ0v) is 22.4. The van der Waals surface area contributed by atoms with Crippen LogP contribution in [0.2, 0.25) is 0 Å². The van der Waals surface area contributed by atoms with E-state index in [1.807, 2.05) is 66.7 Å². The van der Waals surface area contributed by atoms with Gasteiger partial charge in [-0.05, 0) is 35.9 Å². The number of benzene rings is 3. The van der Waals surface area contributed by atoms with Crippen LogP contribution in [0.15, 0.2) is 88.3 Å². The Hall–Kier alpha value is -3.24. The number of aliphatic hydroxyl groups is 3. The van der Waals surface area contributed by atoms with Crippen LogP contribution in [0.5, 0.6) is 5.75 Å². The molecule has 4 N–H and O–H groups in total. The molecule has 0 saturated carbocycles. The second-order valence-electron chi connectivity index (χ2n) is 9.01. The summed E-state index contributed by atoms with van der Waals surface area (Å²) in [5, 5.41) is 31.1. The van der Waals surface area contributed by atoms with Crippen LogP contribution in [0.1, 0.15) is 29.2 Å². The van der Waals surface area contributed by atoms with E-state index in [0.29, 0.717) is 30.2 Å². The Morgan fingerprint density at radius 2 is 1.68 bits per heavy atom. The smallest absolute Gasteiger partial charge is 0.253 e. The average Bonchev–Trinajstić information content (AvgIpc) is 3.33. The van der Waals surface area contributed by atoms with Crippen LogP contribution in [0.4, 0.5) is 0 Å². The van der Waals surface area contributed by atoms with E-state index in [2.05, 4.69) is 21.2 Å². The fourth-order valence-electron chi connectivity index (χ4n) is 4.31. The summed E-state index contributed by atoms with van der Waals surface area (Å²) in [5.74, 6) is 0.475. The highest BCUT2D eigenvalue weighted by atomic mass is 79.9. The maximum atomic E-state index is 14.0. The molecule has 0 unspecified atom stereocenters. The SMILES string of the molecule is O=C(NC(CO)CO)[C@]1(Cc2ccccc2)N=C(c2ccc(OCCCO)cc2)O[C@@H]1c1ccccc1Br. The van der Waals surface area contributed by atoms with Gasteiger partial charge >= 0.3 is 0 Å². The molecule has 0 aliphatic carbocycles. The molecular formula is C29H31BrN2O6. The van der Waals surface area contributed by atoms with E-state index in [0.717, 1.165) is 15.6 Å². The van der Waals surface area contributed by atoms with Crippen molar-refractivity contribution in [3.8, 4) is 5.75 Å². The molecule has 3 aromatic carbocycles. The van der Waals surface area contributed by atoms with E-state index in [-0.39, 0.29) is 13.0 Å². The van der Waals surface area contributed by atoms with Crippen LogP contribution in [-0.2, 0) is 16.0 Å². The van der Waals surface area contributed by atoms with Gasteiger partial charge in [0.1, 0.15) is 5.75 Å². The first kappa shape index (κ1) is 27.8. The summed E-state index contributed by atoms with van der Waals surface area (Å²) < 4.78 is 12.9. The number of carbonyl (C=O) groups is 1. The van der Waals surface area contributed by atoms with Gasteiger partial charge in [-0.2, -0.15) is 0 Å². The minimum Gasteiger partial charge on any atom is -0.494 e. The molecule has 200 valence electrons. The van der Waals surface area contributed by atoms with E-state index in [1.165, 1.54) is 0 Å². The molecule has 0 aromatic heterocycles. The van der Waals surface area contributed by atoms with Crippen molar-refractivity contribution in [1.82, 2.24) is 5.32 Å². The summed E-state index contributed by atoms with van der Waals surface area (Å²) in [6.07, 6.45) is -0.0432. The molecule has 0 fully saturated rings. The summed E-state index contributed by atoms with van der Waals surface area (Å²) in [6.45, 7) is -0.385. The van der Waals surface area contributed by atoms with Crippen LogP contribution in [0, 0.1) is 0 Å². The second-order valence-corrected chi connectivity index (χ2v) is 9.86. The van der Waals surface area contributed by atoms with E-state index in [9.17, 15) is 15.0 Å². The summed E-state index contributed by atoms with van der Waals surface area (Å²) in [5.41, 5.74) is 0.857. The van der Waals surface area contributed by atoms with Crippen LogP contribution in [-0.4, -0.2) is 65.1 Å². The number of hydrogen-bond acceptors (Lipinski definition) is 7. The van der Waals surface area contributed by atoms with Crippen LogP contribution in [0.25, 0.3) is 0 Å². The van der Waals surface area contributed by atoms with Crippen molar-refractivity contribution < 1.29 is 29.6 Å². The first-order valence-corrected chi connectivity index (χ1v) is 13.2. The van der Waals surface area contributed by atoms with Crippen LogP contribution >= 0.6 is 15.9 Å². The molecule has 2 atom stereocenters. The van der Waals surface area contributed by atoms with E-state index < -0.39 is 36.8 Å². The Balaban J connectivity index is 1.79. The lowest BCUT2D eigenvalue weighted by molar-refractivity contribution is -0.130. The number of rotatable bonds is 12. The molecule has 1 aliphatic heterocycles. The van der Waals surface area contributed by atoms with Gasteiger partial charge in [0.25, 0.3) is 5.91 Å². The van der Waals surface area contributed by atoms with Gasteiger partial charge in [-0.25, -0.2) is 4.99 Å². The fraction of sp³-hybridized carbons (Fsp3) is 0.310. The lowest BCUT2D eigenvalue weighted by Crippen LogP contribution is -2.54. The quantitative estimate of drug-likeness (QED) is 0.243. The van der Waals surface area contributed by atoms with Gasteiger partial charge in [0.15, 0.2) is 11.6 Å². The normalized spacial score (nSPS) is 18.7. The predicted octanol–water partition coefficient (Wildman–Crippen LogP) is 3.18. The second kappa shape index (κ2) is 13.0. The first-order chi connectivity index (χ1) is 18.5. The number of hydrogen-bond donors (Lipinski definition) is 4. The summed E-state index contributed by atoms with van der Waals surface area (Å²) in [7, 11) is 0. The largest absolute Gasteiger partial charge is 0.494 e. The Kier molecular flexibility index (Phi) is 9.52. The molecule has 3 aromatic rings. The molecule has 1 aliphatic rings. The van der Waals surface area contributed by atoms with Crippen molar-refractivity contribution in [3.63, 3.8) is 0 Å². The monoisotopic (exact) mass is 582 g/mol. The number of aliphatic hydroxyl groups excluding tert-OH is 3. The summed E-state index contributed by atoms with van der Waals surface area (Å²) in [6, 6.07) is 23.4. The van der Waals surface area contributed by atoms with Gasteiger partial charge in [-0.1, -0.05) is 64.5 Å². The Bertz CT molecular complexity index is 1230. The highest BCUT2D eigenvalue weighted by Gasteiger charge is 2.54. The van der Waals surface area contributed by atoms with Crippen LogP contribution in [0.3, 0.4) is 0 Å². The van der Waals surface area contributed by atoms with Crippen LogP contribution < -0.4 is 10.1 Å². The number of carbonyl (C=O) groups excluding carboxylic acids is 1. The zero-order valence-electron chi connectivity index (χ0n) is 20.8. The third-order valence-corrected chi connectivity index (χ3v) is 7.03. The lowest BCUT2D eigenvalue weighted by Gasteiger charge is -2.32. The minimum absolute atomic E-state index is 0.0537. The maximum absolute atomic E-state index is 14.0. The minimum atomic E-state index is -1.43. The number of halogens is 1. The maximum Gasteiger partial charge on any atom is 0.253 e. The van der Waals surface area contributed by atoms with E-state index in [1.54, 1.807) is 12.1 Å². The van der Waals surface area contributed by atoms with Crippen molar-refractivity contribution in [3.05, 3.63) is 100 Å². The molecule has 0 spiro atoms. The van der Waals surface area contributed by atoms with E-state index >= 15 is 0 Å². The molecule has 0 saturated heterocycles. The van der Waals surface area contributed by atoms with E-state index in [4.69, 9.17) is 19.6 Å². The highest BCUT2D eigenvalue weighted by Crippen LogP contribution is 2.44. The molecule has 0 radical (unpaired) electrons. The standard InChI is InChI=1S/C29H31BrN2O6/c30-25-10-5-4-9-24(25)26-29(17-20-7-2-1-3-8-20,28(36)31-22(18-34)19-35)32-27(38-26)21-11-13-23(14-12-21)37-16-6-15-33/h1-5,7-14,22,26,33-35H,6,15-19H2,(H,31,36)/t26-,29-/m1/s1. The Morgan fingerprint density at radius 1 is 1.00 bits per heavy atom. The van der Waals surface area contributed by atoms with Crippen molar-refractivity contribution in [2.24, 2.45) is 4.99 Å². The Labute approximate surface area is 230 Å². The number of aliphatic imine (C=N–C) groups is 1. The van der Waals surface area contributed by atoms with Gasteiger partial charge in [-0.15, -0.1) is 0 Å². The number of amides is 1. The average molecular weight is 583 g/mol. The van der Waals surface area contributed by atoms with Crippen molar-refractivity contribution in [2.45, 2.75) is 30.5 Å². The molecule has 1 amide bonds. The molecule has 9 heteroatoms. The van der Waals surface area contributed by atoms with Crippen molar-refractivity contribution in [1.29, 1.82) is 0 Å². The topological polar surface area (TPSA) is 121 Å². The fourth-order valence-corrected chi connectivity index (χ4v) is 4.81. The van der Waals surface area contributed by atoms with Crippen molar-refractivity contribution >= 4 is 27.7 Å².